The quantitative estimate of drug-likeness (QED) is 0.548. The largest absolute Gasteiger partial charge is 0.495 e. The minimum Gasteiger partial charge on any atom is -0.495 e. The van der Waals surface area contributed by atoms with Crippen molar-refractivity contribution in [3.05, 3.63) is 23.2 Å². The summed E-state index contributed by atoms with van der Waals surface area (Å²) in [5.74, 6) is 0.643. The van der Waals surface area contributed by atoms with Gasteiger partial charge in [0.1, 0.15) is 11.9 Å². The van der Waals surface area contributed by atoms with Crippen LogP contribution in [-0.4, -0.2) is 26.8 Å². The monoisotopic (exact) mass is 417 g/mol. The van der Waals surface area contributed by atoms with E-state index in [0.29, 0.717) is 16.5 Å². The number of amides is 2. The van der Waals surface area contributed by atoms with Gasteiger partial charge in [0.15, 0.2) is 0 Å². The lowest BCUT2D eigenvalue weighted by Crippen LogP contribution is -2.41. The summed E-state index contributed by atoms with van der Waals surface area (Å²) in [6.45, 7) is 3.96. The SMILES string of the molecule is COc1ccc(N2C(=O)N(SC(Cl)(Cl)Cl)NC2C(C)C)cc1Cl. The van der Waals surface area contributed by atoms with Crippen LogP contribution in [0.1, 0.15) is 13.8 Å². The number of carbonyl (C=O) groups excluding carboxylic acids is 1. The zero-order valence-corrected chi connectivity index (χ0v) is 16.4. The Balaban J connectivity index is 2.34. The van der Waals surface area contributed by atoms with Gasteiger partial charge < -0.3 is 4.74 Å². The first kappa shape index (κ1) is 19.1. The standard InChI is InChI=1S/C13H15Cl4N3O2S/c1-7(2)11-18-20(23-13(15,16)17)12(21)19(11)8-4-5-10(22-3)9(14)6-8/h4-7,11,18H,1-3H3. The summed E-state index contributed by atoms with van der Waals surface area (Å²) in [6.07, 6.45) is -0.299. The van der Waals surface area contributed by atoms with E-state index in [-0.39, 0.29) is 18.1 Å². The predicted octanol–water partition coefficient (Wildman–Crippen LogP) is 5.05. The normalized spacial score (nSPS) is 19.0. The second-order valence-corrected chi connectivity index (χ2v) is 9.64. The molecule has 0 radical (unpaired) electrons. The van der Waals surface area contributed by atoms with Crippen molar-refractivity contribution in [1.29, 1.82) is 0 Å². The fourth-order valence-electron chi connectivity index (χ4n) is 2.14. The topological polar surface area (TPSA) is 44.8 Å². The number of nitrogens with zero attached hydrogens (tertiary/aromatic N) is 2. The molecule has 1 aliphatic rings. The van der Waals surface area contributed by atoms with Crippen molar-refractivity contribution in [2.45, 2.75) is 23.1 Å². The number of urea groups is 1. The summed E-state index contributed by atoms with van der Waals surface area (Å²) in [5.41, 5.74) is 3.66. The fourth-order valence-corrected chi connectivity index (χ4v) is 3.55. The molecule has 2 amide bonds. The first-order chi connectivity index (χ1) is 10.6. The molecule has 128 valence electrons. The Morgan fingerprint density at radius 1 is 1.35 bits per heavy atom. The summed E-state index contributed by atoms with van der Waals surface area (Å²) in [5, 5.41) is 0.410. The van der Waals surface area contributed by atoms with Gasteiger partial charge in [-0.2, -0.15) is 9.84 Å². The molecule has 10 heteroatoms. The molecule has 0 aliphatic carbocycles. The van der Waals surface area contributed by atoms with Gasteiger partial charge in [-0.25, -0.2) is 4.79 Å². The van der Waals surface area contributed by atoms with E-state index in [9.17, 15) is 4.79 Å². The molecule has 1 aromatic rings. The Hall–Kier alpha value is -0.240. The lowest BCUT2D eigenvalue weighted by Gasteiger charge is -2.25. The number of hydrogen-bond donors (Lipinski definition) is 1. The van der Waals surface area contributed by atoms with Crippen molar-refractivity contribution in [2.75, 3.05) is 12.0 Å². The van der Waals surface area contributed by atoms with Crippen LogP contribution in [0.4, 0.5) is 10.5 Å². The van der Waals surface area contributed by atoms with Crippen LogP contribution in [-0.2, 0) is 0 Å². The van der Waals surface area contributed by atoms with Crippen LogP contribution in [0.3, 0.4) is 0 Å². The van der Waals surface area contributed by atoms with Crippen molar-refractivity contribution in [3.63, 3.8) is 0 Å². The highest BCUT2D eigenvalue weighted by molar-refractivity contribution is 8.03. The summed E-state index contributed by atoms with van der Waals surface area (Å²) in [4.78, 5) is 14.3. The van der Waals surface area contributed by atoms with E-state index in [2.05, 4.69) is 5.43 Å². The Bertz CT molecular complexity index is 597. The molecule has 1 unspecified atom stereocenters. The van der Waals surface area contributed by atoms with Crippen LogP contribution in [0.2, 0.25) is 5.02 Å². The predicted molar refractivity (Wildman–Crippen MR) is 97.4 cm³/mol. The number of anilines is 1. The molecule has 1 atom stereocenters. The number of hydrogen-bond acceptors (Lipinski definition) is 4. The number of nitrogens with one attached hydrogen (secondary N) is 1. The highest BCUT2D eigenvalue weighted by Gasteiger charge is 2.43. The average Bonchev–Trinajstić information content (AvgIpc) is 2.74. The van der Waals surface area contributed by atoms with Gasteiger partial charge in [-0.05, 0) is 24.1 Å². The van der Waals surface area contributed by atoms with E-state index in [0.717, 1.165) is 11.9 Å². The van der Waals surface area contributed by atoms with Crippen LogP contribution in [0, 0.1) is 5.92 Å². The van der Waals surface area contributed by atoms with Gasteiger partial charge >= 0.3 is 6.03 Å². The highest BCUT2D eigenvalue weighted by atomic mass is 35.6. The first-order valence-corrected chi connectivity index (χ1v) is 8.91. The van der Waals surface area contributed by atoms with Crippen LogP contribution >= 0.6 is 58.4 Å². The number of methoxy groups -OCH3 is 1. The molecule has 1 heterocycles. The van der Waals surface area contributed by atoms with Gasteiger partial charge in [0, 0.05) is 17.6 Å². The Kier molecular flexibility index (Phi) is 6.09. The maximum atomic E-state index is 12.7. The van der Waals surface area contributed by atoms with Gasteiger partial charge in [-0.15, -0.1) is 0 Å². The maximum Gasteiger partial charge on any atom is 0.350 e. The molecule has 1 saturated heterocycles. The molecule has 1 aliphatic heterocycles. The van der Waals surface area contributed by atoms with Crippen molar-refractivity contribution >= 4 is 70.1 Å². The summed E-state index contributed by atoms with van der Waals surface area (Å²) < 4.78 is 4.70. The third-order valence-corrected chi connectivity index (χ3v) is 4.71. The van der Waals surface area contributed by atoms with Crippen LogP contribution < -0.4 is 15.1 Å². The number of halogens is 4. The average molecular weight is 419 g/mol. The summed E-state index contributed by atoms with van der Waals surface area (Å²) >= 11 is 24.2. The minimum atomic E-state index is -1.66. The zero-order chi connectivity index (χ0) is 17.4. The number of alkyl halides is 3. The van der Waals surface area contributed by atoms with E-state index in [1.54, 1.807) is 23.1 Å². The van der Waals surface area contributed by atoms with Gasteiger partial charge in [0.25, 0.3) is 3.12 Å². The van der Waals surface area contributed by atoms with Gasteiger partial charge in [-0.1, -0.05) is 60.3 Å². The molecule has 0 spiro atoms. The van der Waals surface area contributed by atoms with Crippen molar-refractivity contribution in [3.8, 4) is 5.75 Å². The lowest BCUT2D eigenvalue weighted by molar-refractivity contribution is 0.235. The number of hydrazine groups is 1. The first-order valence-electron chi connectivity index (χ1n) is 6.63. The molecule has 1 aromatic carbocycles. The van der Waals surface area contributed by atoms with Crippen LogP contribution in [0.15, 0.2) is 18.2 Å². The Morgan fingerprint density at radius 3 is 2.48 bits per heavy atom. The van der Waals surface area contributed by atoms with E-state index < -0.39 is 3.12 Å². The molecule has 0 saturated carbocycles. The highest BCUT2D eigenvalue weighted by Crippen LogP contribution is 2.43. The van der Waals surface area contributed by atoms with E-state index >= 15 is 0 Å². The third-order valence-electron chi connectivity index (χ3n) is 3.15. The second kappa shape index (κ2) is 7.33. The van der Waals surface area contributed by atoms with E-state index in [1.165, 1.54) is 11.5 Å². The van der Waals surface area contributed by atoms with Gasteiger partial charge in [-0.3, -0.25) is 4.90 Å². The lowest BCUT2D eigenvalue weighted by atomic mass is 10.1. The summed E-state index contributed by atoms with van der Waals surface area (Å²) in [7, 11) is 1.53. The Labute approximate surface area is 159 Å². The molecule has 5 nitrogen and oxygen atoms in total. The van der Waals surface area contributed by atoms with Crippen molar-refractivity contribution in [2.24, 2.45) is 5.92 Å². The van der Waals surface area contributed by atoms with Crippen LogP contribution in [0.5, 0.6) is 5.75 Å². The number of carbonyl (C=O) groups is 1. The summed E-state index contributed by atoms with van der Waals surface area (Å²) in [6, 6.07) is 4.77. The molecular weight excluding hydrogens is 404 g/mol. The number of benzene rings is 1. The smallest absolute Gasteiger partial charge is 0.350 e. The molecule has 23 heavy (non-hydrogen) atoms. The van der Waals surface area contributed by atoms with Gasteiger partial charge in [0.2, 0.25) is 0 Å². The molecule has 0 bridgehead atoms. The zero-order valence-electron chi connectivity index (χ0n) is 12.5. The van der Waals surface area contributed by atoms with Crippen LogP contribution in [0.25, 0.3) is 0 Å². The molecule has 0 aromatic heterocycles. The number of rotatable bonds is 4. The maximum absolute atomic E-state index is 12.7. The molecule has 1 fully saturated rings. The van der Waals surface area contributed by atoms with Crippen molar-refractivity contribution in [1.82, 2.24) is 9.84 Å². The number of ether oxygens (including phenoxy) is 1. The van der Waals surface area contributed by atoms with E-state index in [1.807, 2.05) is 13.8 Å². The fraction of sp³-hybridized carbons (Fsp3) is 0.462. The minimum absolute atomic E-state index is 0.112. The van der Waals surface area contributed by atoms with E-state index in [4.69, 9.17) is 51.1 Å². The Morgan fingerprint density at radius 2 is 2.00 bits per heavy atom. The van der Waals surface area contributed by atoms with Crippen molar-refractivity contribution < 1.29 is 9.53 Å². The second-order valence-electron chi connectivity index (χ2n) is 5.12. The van der Waals surface area contributed by atoms with Gasteiger partial charge in [0.05, 0.1) is 12.1 Å². The molecular formula is C13H15Cl4N3O2S. The third kappa shape index (κ3) is 4.44. The molecule has 1 N–H and O–H groups in total. The molecule has 2 rings (SSSR count).